The van der Waals surface area contributed by atoms with Gasteiger partial charge >= 0.3 is 0 Å². The van der Waals surface area contributed by atoms with Crippen LogP contribution in [0.5, 0.6) is 5.75 Å². The molecule has 38 heavy (non-hydrogen) atoms. The van der Waals surface area contributed by atoms with Crippen molar-refractivity contribution >= 4 is 29.3 Å². The van der Waals surface area contributed by atoms with Gasteiger partial charge in [0.1, 0.15) is 5.75 Å². The van der Waals surface area contributed by atoms with E-state index in [1.807, 2.05) is 84.0 Å². The van der Waals surface area contributed by atoms with E-state index in [0.29, 0.717) is 28.8 Å². The Morgan fingerprint density at radius 2 is 1.74 bits per heavy atom. The molecule has 1 aromatic heterocycles. The summed E-state index contributed by atoms with van der Waals surface area (Å²) < 4.78 is 7.44. The minimum Gasteiger partial charge on any atom is -0.495 e. The lowest BCUT2D eigenvalue weighted by atomic mass is 10.1. The van der Waals surface area contributed by atoms with Gasteiger partial charge < -0.3 is 15.0 Å². The average molecular weight is 528 g/mol. The number of carbonyl (C=O) groups is 2. The summed E-state index contributed by atoms with van der Waals surface area (Å²) in [5.74, 6) is 1.19. The van der Waals surface area contributed by atoms with Crippen molar-refractivity contribution in [2.75, 3.05) is 24.3 Å². The number of carbonyl (C=O) groups excluding carboxylic acids is 2. The fourth-order valence-electron chi connectivity index (χ4n) is 4.51. The van der Waals surface area contributed by atoms with Gasteiger partial charge in [0.2, 0.25) is 5.91 Å². The second kappa shape index (κ2) is 11.1. The number of methoxy groups -OCH3 is 1. The van der Waals surface area contributed by atoms with E-state index in [9.17, 15) is 9.59 Å². The van der Waals surface area contributed by atoms with Crippen LogP contribution in [0.15, 0.2) is 71.9 Å². The lowest BCUT2D eigenvalue weighted by molar-refractivity contribution is -0.116. The van der Waals surface area contributed by atoms with E-state index in [-0.39, 0.29) is 24.1 Å². The molecular weight excluding hydrogens is 498 g/mol. The molecule has 2 heterocycles. The molecule has 4 aromatic rings. The largest absolute Gasteiger partial charge is 0.495 e. The highest BCUT2D eigenvalue weighted by Gasteiger charge is 2.25. The number of fused-ring (bicyclic) bond motifs is 1. The Kier molecular flexibility index (Phi) is 7.46. The van der Waals surface area contributed by atoms with Gasteiger partial charge in [-0.05, 0) is 67.3 Å². The number of nitrogens with zero attached hydrogens (tertiary/aromatic N) is 4. The number of aryl methyl sites for hydroxylation is 2. The third-order valence-electron chi connectivity index (χ3n) is 6.72. The molecule has 0 fully saturated rings. The minimum atomic E-state index is -0.195. The quantitative estimate of drug-likeness (QED) is 0.339. The summed E-state index contributed by atoms with van der Waals surface area (Å²) in [6.07, 6.45) is 0.855. The molecule has 0 aliphatic carbocycles. The van der Waals surface area contributed by atoms with Crippen molar-refractivity contribution in [3.63, 3.8) is 0 Å². The van der Waals surface area contributed by atoms with Crippen LogP contribution in [-0.2, 0) is 17.8 Å². The maximum absolute atomic E-state index is 13.1. The van der Waals surface area contributed by atoms with Crippen LogP contribution in [0, 0.1) is 13.8 Å². The van der Waals surface area contributed by atoms with Gasteiger partial charge in [0, 0.05) is 17.8 Å². The van der Waals surface area contributed by atoms with Crippen LogP contribution in [0.3, 0.4) is 0 Å². The van der Waals surface area contributed by atoms with Crippen LogP contribution in [0.2, 0.25) is 0 Å². The third kappa shape index (κ3) is 5.15. The molecule has 8 nitrogen and oxygen atoms in total. The molecule has 194 valence electrons. The number of para-hydroxylation sites is 3. The van der Waals surface area contributed by atoms with Gasteiger partial charge in [-0.25, -0.2) is 0 Å². The summed E-state index contributed by atoms with van der Waals surface area (Å²) >= 11 is 1.32. The topological polar surface area (TPSA) is 89.3 Å². The number of thioether (sulfide) groups is 1. The van der Waals surface area contributed by atoms with Crippen LogP contribution in [0.4, 0.5) is 5.69 Å². The molecule has 0 atom stereocenters. The lowest BCUT2D eigenvalue weighted by Crippen LogP contribution is -2.30. The second-order valence-electron chi connectivity index (χ2n) is 9.10. The van der Waals surface area contributed by atoms with Crippen molar-refractivity contribution in [1.29, 1.82) is 0 Å². The number of rotatable bonds is 8. The highest BCUT2D eigenvalue weighted by Crippen LogP contribution is 2.31. The maximum Gasteiger partial charge on any atom is 0.251 e. The predicted molar refractivity (Wildman–Crippen MR) is 148 cm³/mol. The number of anilines is 1. The standard InChI is InChI=1S/C29H29N5O3S/c1-19-12-13-22(16-20(19)2)28(36)30-17-26-31-32-29(34(26)24-10-6-7-11-25(24)37-3)38-18-27(35)33-15-14-21-8-4-5-9-23(21)33/h4-13,16H,14-15,17-18H2,1-3H3,(H,30,36). The van der Waals surface area contributed by atoms with Crippen LogP contribution in [0.25, 0.3) is 5.69 Å². The molecule has 0 bridgehead atoms. The van der Waals surface area contributed by atoms with Crippen molar-refractivity contribution in [2.24, 2.45) is 0 Å². The van der Waals surface area contributed by atoms with E-state index in [4.69, 9.17) is 4.74 Å². The Balaban J connectivity index is 1.37. The number of nitrogens with one attached hydrogen (secondary N) is 1. The normalized spacial score (nSPS) is 12.3. The van der Waals surface area contributed by atoms with Gasteiger partial charge in [-0.15, -0.1) is 10.2 Å². The Labute approximate surface area is 226 Å². The summed E-state index contributed by atoms with van der Waals surface area (Å²) in [5, 5.41) is 12.3. The highest BCUT2D eigenvalue weighted by atomic mass is 32.2. The Morgan fingerprint density at radius 3 is 2.53 bits per heavy atom. The van der Waals surface area contributed by atoms with Gasteiger partial charge in [-0.3, -0.25) is 14.2 Å². The Bertz CT molecular complexity index is 1500. The molecule has 9 heteroatoms. The molecule has 0 saturated carbocycles. The maximum atomic E-state index is 13.1. The van der Waals surface area contributed by atoms with Crippen LogP contribution < -0.4 is 15.0 Å². The zero-order valence-electron chi connectivity index (χ0n) is 21.6. The van der Waals surface area contributed by atoms with E-state index in [2.05, 4.69) is 21.6 Å². The minimum absolute atomic E-state index is 0.0131. The van der Waals surface area contributed by atoms with E-state index in [1.165, 1.54) is 17.3 Å². The number of aromatic nitrogens is 3. The fourth-order valence-corrected chi connectivity index (χ4v) is 5.35. The molecule has 1 aliphatic rings. The van der Waals surface area contributed by atoms with E-state index < -0.39 is 0 Å². The molecule has 2 amide bonds. The van der Waals surface area contributed by atoms with Gasteiger partial charge in [0.15, 0.2) is 11.0 Å². The van der Waals surface area contributed by atoms with Gasteiger partial charge in [0.25, 0.3) is 5.91 Å². The highest BCUT2D eigenvalue weighted by molar-refractivity contribution is 7.99. The average Bonchev–Trinajstić information content (AvgIpc) is 3.56. The number of amides is 2. The zero-order valence-corrected chi connectivity index (χ0v) is 22.4. The first kappa shape index (κ1) is 25.5. The molecule has 1 N–H and O–H groups in total. The van der Waals surface area contributed by atoms with Gasteiger partial charge in [-0.2, -0.15) is 0 Å². The molecular formula is C29H29N5O3S. The molecule has 0 unspecified atom stereocenters. The Hall–Kier alpha value is -4.11. The van der Waals surface area contributed by atoms with E-state index >= 15 is 0 Å². The number of benzene rings is 3. The molecule has 3 aromatic carbocycles. The van der Waals surface area contributed by atoms with E-state index in [0.717, 1.165) is 28.9 Å². The number of ether oxygens (including phenoxy) is 1. The summed E-state index contributed by atoms with van der Waals surface area (Å²) in [6.45, 7) is 4.83. The monoisotopic (exact) mass is 527 g/mol. The molecule has 0 saturated heterocycles. The lowest BCUT2D eigenvalue weighted by Gasteiger charge is -2.17. The van der Waals surface area contributed by atoms with Gasteiger partial charge in [0.05, 0.1) is 25.1 Å². The fraction of sp³-hybridized carbons (Fsp3) is 0.241. The van der Waals surface area contributed by atoms with Gasteiger partial charge in [-0.1, -0.05) is 48.2 Å². The second-order valence-corrected chi connectivity index (χ2v) is 10.0. The van der Waals surface area contributed by atoms with Crippen molar-refractivity contribution < 1.29 is 14.3 Å². The van der Waals surface area contributed by atoms with E-state index in [1.54, 1.807) is 7.11 Å². The Morgan fingerprint density at radius 1 is 0.974 bits per heavy atom. The predicted octanol–water partition coefficient (Wildman–Crippen LogP) is 4.50. The van der Waals surface area contributed by atoms with Crippen LogP contribution in [0.1, 0.15) is 32.9 Å². The molecule has 1 aliphatic heterocycles. The van der Waals surface area contributed by atoms with Crippen molar-refractivity contribution in [3.05, 3.63) is 94.8 Å². The van der Waals surface area contributed by atoms with Crippen LogP contribution >= 0.6 is 11.8 Å². The SMILES string of the molecule is COc1ccccc1-n1c(CNC(=O)c2ccc(C)c(C)c2)nnc1SCC(=O)N1CCc2ccccc21. The summed E-state index contributed by atoms with van der Waals surface area (Å²) in [6, 6.07) is 21.2. The van der Waals surface area contributed by atoms with Crippen molar-refractivity contribution in [2.45, 2.75) is 32.0 Å². The molecule has 5 rings (SSSR count). The number of hydrogen-bond acceptors (Lipinski definition) is 6. The van der Waals surface area contributed by atoms with Crippen molar-refractivity contribution in [1.82, 2.24) is 20.1 Å². The summed E-state index contributed by atoms with van der Waals surface area (Å²) in [7, 11) is 1.60. The summed E-state index contributed by atoms with van der Waals surface area (Å²) in [5.41, 5.74) is 5.66. The molecule has 0 spiro atoms. The first-order chi connectivity index (χ1) is 18.5. The first-order valence-electron chi connectivity index (χ1n) is 12.4. The zero-order chi connectivity index (χ0) is 26.6. The smallest absolute Gasteiger partial charge is 0.251 e. The molecule has 0 radical (unpaired) electrons. The third-order valence-corrected chi connectivity index (χ3v) is 7.63. The number of hydrogen-bond donors (Lipinski definition) is 1. The van der Waals surface area contributed by atoms with Crippen LogP contribution in [-0.4, -0.2) is 46.0 Å². The summed E-state index contributed by atoms with van der Waals surface area (Å²) in [4.78, 5) is 27.9. The van der Waals surface area contributed by atoms with Crippen molar-refractivity contribution in [3.8, 4) is 11.4 Å². The first-order valence-corrected chi connectivity index (χ1v) is 13.4.